The van der Waals surface area contributed by atoms with Gasteiger partial charge in [0, 0.05) is 17.0 Å². The third-order valence-electron chi connectivity index (χ3n) is 3.79. The molecule has 3 nitrogen and oxygen atoms in total. The molecule has 1 aromatic heterocycles. The zero-order chi connectivity index (χ0) is 13.9. The Kier molecular flexibility index (Phi) is 3.97. The lowest BCUT2D eigenvalue weighted by Crippen LogP contribution is -2.15. The number of ether oxygens (including phenoxy) is 1. The first-order valence-electron chi connectivity index (χ1n) is 7.73. The van der Waals surface area contributed by atoms with Gasteiger partial charge in [0.2, 0.25) is 0 Å². The zero-order valence-corrected chi connectivity index (χ0v) is 12.4. The molecule has 1 heterocycles. The van der Waals surface area contributed by atoms with Gasteiger partial charge in [-0.25, -0.2) is 0 Å². The SMILES string of the molecule is CCCc1c(CNC2CC2)oc2c(OCC)cccc12. The molecule has 0 spiro atoms. The van der Waals surface area contributed by atoms with Crippen LogP contribution in [-0.4, -0.2) is 12.6 Å². The van der Waals surface area contributed by atoms with Crippen LogP contribution in [-0.2, 0) is 13.0 Å². The van der Waals surface area contributed by atoms with Crippen LogP contribution in [0.1, 0.15) is 44.4 Å². The first-order valence-corrected chi connectivity index (χ1v) is 7.73. The summed E-state index contributed by atoms with van der Waals surface area (Å²) in [6, 6.07) is 6.89. The molecule has 1 aliphatic rings. The Balaban J connectivity index is 1.97. The van der Waals surface area contributed by atoms with Crippen molar-refractivity contribution in [2.24, 2.45) is 0 Å². The smallest absolute Gasteiger partial charge is 0.176 e. The Morgan fingerprint density at radius 3 is 2.85 bits per heavy atom. The van der Waals surface area contributed by atoms with E-state index < -0.39 is 0 Å². The van der Waals surface area contributed by atoms with E-state index >= 15 is 0 Å². The van der Waals surface area contributed by atoms with E-state index in [1.165, 1.54) is 23.8 Å². The van der Waals surface area contributed by atoms with Crippen molar-refractivity contribution in [2.75, 3.05) is 6.61 Å². The van der Waals surface area contributed by atoms with Crippen molar-refractivity contribution in [1.29, 1.82) is 0 Å². The topological polar surface area (TPSA) is 34.4 Å². The molecule has 2 aromatic rings. The van der Waals surface area contributed by atoms with Crippen LogP contribution in [0.5, 0.6) is 5.75 Å². The Labute approximate surface area is 120 Å². The normalized spacial score (nSPS) is 14.9. The van der Waals surface area contributed by atoms with Crippen LogP contribution in [0.15, 0.2) is 22.6 Å². The average molecular weight is 273 g/mol. The largest absolute Gasteiger partial charge is 0.490 e. The molecule has 20 heavy (non-hydrogen) atoms. The van der Waals surface area contributed by atoms with Crippen LogP contribution in [0, 0.1) is 0 Å². The number of benzene rings is 1. The molecule has 1 N–H and O–H groups in total. The maximum absolute atomic E-state index is 6.13. The number of para-hydroxylation sites is 1. The third kappa shape index (κ3) is 2.68. The summed E-state index contributed by atoms with van der Waals surface area (Å²) in [5.41, 5.74) is 2.25. The van der Waals surface area contributed by atoms with Gasteiger partial charge in [-0.2, -0.15) is 0 Å². The summed E-state index contributed by atoms with van der Waals surface area (Å²) in [6.07, 6.45) is 4.79. The summed E-state index contributed by atoms with van der Waals surface area (Å²) in [7, 11) is 0. The second kappa shape index (κ2) is 5.88. The molecule has 0 atom stereocenters. The minimum atomic E-state index is 0.665. The lowest BCUT2D eigenvalue weighted by molar-refractivity contribution is 0.337. The van der Waals surface area contributed by atoms with E-state index in [9.17, 15) is 0 Å². The lowest BCUT2D eigenvalue weighted by atomic mass is 10.1. The molecule has 0 amide bonds. The fraction of sp³-hybridized carbons (Fsp3) is 0.529. The van der Waals surface area contributed by atoms with Gasteiger partial charge in [0.15, 0.2) is 11.3 Å². The minimum absolute atomic E-state index is 0.665. The van der Waals surface area contributed by atoms with Crippen molar-refractivity contribution in [3.05, 3.63) is 29.5 Å². The number of hydrogen-bond acceptors (Lipinski definition) is 3. The molecular formula is C17H23NO2. The fourth-order valence-corrected chi connectivity index (χ4v) is 2.65. The van der Waals surface area contributed by atoms with Gasteiger partial charge < -0.3 is 14.5 Å². The predicted octanol–water partition coefficient (Wildman–Crippen LogP) is 4.04. The molecule has 0 aliphatic heterocycles. The van der Waals surface area contributed by atoms with E-state index in [-0.39, 0.29) is 0 Å². The molecule has 0 bridgehead atoms. The predicted molar refractivity (Wildman–Crippen MR) is 81.2 cm³/mol. The van der Waals surface area contributed by atoms with E-state index in [0.717, 1.165) is 36.5 Å². The summed E-state index contributed by atoms with van der Waals surface area (Å²) in [6.45, 7) is 5.71. The highest BCUT2D eigenvalue weighted by molar-refractivity contribution is 5.87. The monoisotopic (exact) mass is 273 g/mol. The summed E-state index contributed by atoms with van der Waals surface area (Å²) < 4.78 is 11.8. The summed E-state index contributed by atoms with van der Waals surface area (Å²) in [5.74, 6) is 1.95. The first kappa shape index (κ1) is 13.5. The molecule has 0 saturated heterocycles. The van der Waals surface area contributed by atoms with Crippen LogP contribution >= 0.6 is 0 Å². The van der Waals surface area contributed by atoms with E-state index in [1.54, 1.807) is 0 Å². The Bertz CT molecular complexity index is 584. The Morgan fingerprint density at radius 1 is 1.30 bits per heavy atom. The number of nitrogens with one attached hydrogen (secondary N) is 1. The molecule has 1 saturated carbocycles. The quantitative estimate of drug-likeness (QED) is 0.827. The highest BCUT2D eigenvalue weighted by Crippen LogP contribution is 2.34. The number of aryl methyl sites for hydroxylation is 1. The lowest BCUT2D eigenvalue weighted by Gasteiger charge is -2.03. The molecule has 0 unspecified atom stereocenters. The van der Waals surface area contributed by atoms with Gasteiger partial charge in [-0.1, -0.05) is 25.5 Å². The van der Waals surface area contributed by atoms with Gasteiger partial charge in [0.25, 0.3) is 0 Å². The van der Waals surface area contributed by atoms with Crippen molar-refractivity contribution in [2.45, 2.75) is 52.1 Å². The molecular weight excluding hydrogens is 250 g/mol. The highest BCUT2D eigenvalue weighted by atomic mass is 16.5. The third-order valence-corrected chi connectivity index (χ3v) is 3.79. The molecule has 1 aliphatic carbocycles. The highest BCUT2D eigenvalue weighted by Gasteiger charge is 2.22. The zero-order valence-electron chi connectivity index (χ0n) is 12.4. The van der Waals surface area contributed by atoms with Crippen molar-refractivity contribution in [1.82, 2.24) is 5.32 Å². The molecule has 1 aromatic carbocycles. The van der Waals surface area contributed by atoms with Crippen LogP contribution < -0.4 is 10.1 Å². The van der Waals surface area contributed by atoms with E-state index in [0.29, 0.717) is 12.6 Å². The molecule has 0 radical (unpaired) electrons. The van der Waals surface area contributed by atoms with Gasteiger partial charge >= 0.3 is 0 Å². The summed E-state index contributed by atoms with van der Waals surface area (Å²) >= 11 is 0. The van der Waals surface area contributed by atoms with Crippen molar-refractivity contribution in [3.8, 4) is 5.75 Å². The second-order valence-electron chi connectivity index (χ2n) is 5.47. The van der Waals surface area contributed by atoms with E-state index in [1.807, 2.05) is 13.0 Å². The molecule has 1 fully saturated rings. The van der Waals surface area contributed by atoms with Crippen LogP contribution in [0.2, 0.25) is 0 Å². The number of fused-ring (bicyclic) bond motifs is 1. The first-order chi connectivity index (χ1) is 9.83. The number of hydrogen-bond donors (Lipinski definition) is 1. The number of rotatable bonds is 7. The van der Waals surface area contributed by atoms with Gasteiger partial charge in [-0.05, 0) is 32.3 Å². The molecule has 3 rings (SSSR count). The van der Waals surface area contributed by atoms with E-state index in [4.69, 9.17) is 9.15 Å². The Hall–Kier alpha value is -1.48. The second-order valence-corrected chi connectivity index (χ2v) is 5.47. The van der Waals surface area contributed by atoms with Gasteiger partial charge in [-0.3, -0.25) is 0 Å². The molecule has 108 valence electrons. The van der Waals surface area contributed by atoms with Gasteiger partial charge in [0.05, 0.1) is 13.2 Å². The Morgan fingerprint density at radius 2 is 2.15 bits per heavy atom. The summed E-state index contributed by atoms with van der Waals surface area (Å²) in [5, 5.41) is 4.76. The van der Waals surface area contributed by atoms with Gasteiger partial charge in [-0.15, -0.1) is 0 Å². The van der Waals surface area contributed by atoms with Crippen LogP contribution in [0.4, 0.5) is 0 Å². The van der Waals surface area contributed by atoms with Crippen molar-refractivity contribution < 1.29 is 9.15 Å². The van der Waals surface area contributed by atoms with Gasteiger partial charge in [0.1, 0.15) is 5.76 Å². The van der Waals surface area contributed by atoms with E-state index in [2.05, 4.69) is 24.4 Å². The summed E-state index contributed by atoms with van der Waals surface area (Å²) in [4.78, 5) is 0. The standard InChI is InChI=1S/C17H23NO2/c1-3-6-13-14-7-5-8-15(19-4-2)17(14)20-16(13)11-18-12-9-10-12/h5,7-8,12,18H,3-4,6,9-11H2,1-2H3. The van der Waals surface area contributed by atoms with Crippen molar-refractivity contribution in [3.63, 3.8) is 0 Å². The minimum Gasteiger partial charge on any atom is -0.490 e. The maximum atomic E-state index is 6.13. The maximum Gasteiger partial charge on any atom is 0.176 e. The fourth-order valence-electron chi connectivity index (χ4n) is 2.65. The van der Waals surface area contributed by atoms with Crippen LogP contribution in [0.3, 0.4) is 0 Å². The number of furan rings is 1. The van der Waals surface area contributed by atoms with Crippen molar-refractivity contribution >= 4 is 11.0 Å². The molecule has 3 heteroatoms. The average Bonchev–Trinajstić information content (AvgIpc) is 3.21. The van der Waals surface area contributed by atoms with Crippen LogP contribution in [0.25, 0.3) is 11.0 Å².